The van der Waals surface area contributed by atoms with E-state index in [1.807, 2.05) is 0 Å². The van der Waals surface area contributed by atoms with Gasteiger partial charge in [0.05, 0.1) is 18.8 Å². The lowest BCUT2D eigenvalue weighted by atomic mass is 9.52. The number of nitrogens with zero attached hydrogens (tertiary/aromatic N) is 1. The summed E-state index contributed by atoms with van der Waals surface area (Å²) in [6.07, 6.45) is 6.97. The molecule has 0 bridgehead atoms. The number of piperidine rings is 1. The van der Waals surface area contributed by atoms with Crippen LogP contribution in [0.1, 0.15) is 66.7 Å². The van der Waals surface area contributed by atoms with Crippen LogP contribution in [-0.2, 0) is 4.74 Å². The maximum atomic E-state index is 5.78. The Morgan fingerprint density at radius 3 is 2.36 bits per heavy atom. The Hall–Kier alpha value is -0.0151. The van der Waals surface area contributed by atoms with E-state index in [-0.39, 0.29) is 0 Å². The molecule has 0 radical (unpaired) electrons. The average molecular weight is 305 g/mol. The maximum absolute atomic E-state index is 5.78. The Morgan fingerprint density at radius 1 is 1.14 bits per heavy atom. The van der Waals surface area contributed by atoms with Gasteiger partial charge in [-0.3, -0.25) is 4.90 Å². The smallest absolute Gasteiger partial charge is 0.109 e. The first-order valence-corrected chi connectivity index (χ1v) is 9.50. The third-order valence-corrected chi connectivity index (χ3v) is 6.80. The quantitative estimate of drug-likeness (QED) is 0.687. The van der Waals surface area contributed by atoms with Crippen molar-refractivity contribution in [2.24, 2.45) is 17.3 Å². The monoisotopic (exact) mass is 305 g/mol. The SMILES string of the molecule is BC1(C)CCC2C(CCN(C(C)C)C23COC3)CC(C)(C)C1. The Kier molecular flexibility index (Phi) is 4.22. The van der Waals surface area contributed by atoms with Crippen LogP contribution < -0.4 is 0 Å². The van der Waals surface area contributed by atoms with Gasteiger partial charge in [0.15, 0.2) is 0 Å². The van der Waals surface area contributed by atoms with E-state index in [4.69, 9.17) is 4.74 Å². The fourth-order valence-corrected chi connectivity index (χ4v) is 6.30. The second-order valence-corrected chi connectivity index (χ2v) is 10.3. The average Bonchev–Trinajstić information content (AvgIpc) is 2.30. The van der Waals surface area contributed by atoms with Crippen molar-refractivity contribution in [3.05, 3.63) is 0 Å². The molecule has 3 rings (SSSR count). The van der Waals surface area contributed by atoms with E-state index < -0.39 is 0 Å². The zero-order valence-corrected chi connectivity index (χ0v) is 15.7. The molecule has 1 spiro atoms. The third-order valence-electron chi connectivity index (χ3n) is 6.80. The molecule has 3 atom stereocenters. The number of hydrogen-bond donors (Lipinski definition) is 0. The van der Waals surface area contributed by atoms with Crippen molar-refractivity contribution >= 4 is 7.85 Å². The molecule has 0 aromatic heterocycles. The molecular formula is C19H36BNO. The standard InChI is InChI=1S/C19H36BNO/c1-14(2)21-9-7-15-10-17(3,4)11-18(5,20)8-6-16(15)19(21)12-22-13-19/h14-16H,6-13,20H2,1-5H3. The van der Waals surface area contributed by atoms with Gasteiger partial charge in [-0.2, -0.15) is 0 Å². The highest BCUT2D eigenvalue weighted by atomic mass is 16.5. The van der Waals surface area contributed by atoms with Crippen LogP contribution in [0.15, 0.2) is 0 Å². The van der Waals surface area contributed by atoms with Crippen LogP contribution in [0.2, 0.25) is 5.31 Å². The molecular weight excluding hydrogens is 269 g/mol. The second kappa shape index (κ2) is 5.51. The van der Waals surface area contributed by atoms with Crippen molar-refractivity contribution < 1.29 is 4.74 Å². The Balaban J connectivity index is 1.89. The minimum Gasteiger partial charge on any atom is -0.377 e. The van der Waals surface area contributed by atoms with Crippen LogP contribution in [0.5, 0.6) is 0 Å². The van der Waals surface area contributed by atoms with Gasteiger partial charge in [-0.05, 0) is 63.3 Å². The second-order valence-electron chi connectivity index (χ2n) is 10.3. The number of ether oxygens (including phenoxy) is 1. The van der Waals surface area contributed by atoms with Crippen LogP contribution in [0.25, 0.3) is 0 Å². The van der Waals surface area contributed by atoms with E-state index in [0.717, 1.165) is 25.0 Å². The Morgan fingerprint density at radius 2 is 1.82 bits per heavy atom. The molecule has 3 heteroatoms. The third kappa shape index (κ3) is 2.88. The van der Waals surface area contributed by atoms with Gasteiger partial charge in [0.25, 0.3) is 0 Å². The summed E-state index contributed by atoms with van der Waals surface area (Å²) in [4.78, 5) is 2.79. The lowest BCUT2D eigenvalue weighted by Gasteiger charge is -2.62. The van der Waals surface area contributed by atoms with E-state index in [9.17, 15) is 0 Å². The van der Waals surface area contributed by atoms with Crippen molar-refractivity contribution in [1.82, 2.24) is 4.90 Å². The molecule has 2 nitrogen and oxygen atoms in total. The number of hydrogen-bond acceptors (Lipinski definition) is 2. The Labute approximate surface area is 138 Å². The Bertz CT molecular complexity index is 414. The lowest BCUT2D eigenvalue weighted by molar-refractivity contribution is -0.212. The molecule has 1 saturated carbocycles. The molecule has 126 valence electrons. The number of fused-ring (bicyclic) bond motifs is 2. The molecule has 0 N–H and O–H groups in total. The normalized spacial score (nSPS) is 41.5. The summed E-state index contributed by atoms with van der Waals surface area (Å²) in [5.41, 5.74) is 0.846. The molecule has 2 aliphatic heterocycles. The van der Waals surface area contributed by atoms with Crippen LogP contribution >= 0.6 is 0 Å². The fourth-order valence-electron chi connectivity index (χ4n) is 6.30. The van der Waals surface area contributed by atoms with Gasteiger partial charge in [0.1, 0.15) is 7.85 Å². The number of likely N-dealkylation sites (tertiary alicyclic amines) is 1. The van der Waals surface area contributed by atoms with E-state index >= 15 is 0 Å². The highest BCUT2D eigenvalue weighted by Gasteiger charge is 2.56. The fraction of sp³-hybridized carbons (Fsp3) is 1.00. The summed E-state index contributed by atoms with van der Waals surface area (Å²) in [6.45, 7) is 15.5. The van der Waals surface area contributed by atoms with Crippen molar-refractivity contribution in [3.63, 3.8) is 0 Å². The lowest BCUT2D eigenvalue weighted by Crippen LogP contribution is -2.72. The van der Waals surface area contributed by atoms with Crippen LogP contribution in [0.4, 0.5) is 0 Å². The summed E-state index contributed by atoms with van der Waals surface area (Å²) < 4.78 is 5.78. The first-order valence-electron chi connectivity index (χ1n) is 9.50. The predicted molar refractivity (Wildman–Crippen MR) is 96.1 cm³/mol. The summed E-state index contributed by atoms with van der Waals surface area (Å²) >= 11 is 0. The molecule has 0 aromatic carbocycles. The van der Waals surface area contributed by atoms with Crippen molar-refractivity contribution in [2.45, 2.75) is 83.6 Å². The van der Waals surface area contributed by atoms with Gasteiger partial charge in [0, 0.05) is 6.04 Å². The topological polar surface area (TPSA) is 12.5 Å². The largest absolute Gasteiger partial charge is 0.377 e. The van der Waals surface area contributed by atoms with E-state index in [1.165, 1.54) is 38.6 Å². The molecule has 1 aliphatic carbocycles. The van der Waals surface area contributed by atoms with Crippen LogP contribution in [0, 0.1) is 17.3 Å². The predicted octanol–water partition coefficient (Wildman–Crippen LogP) is 3.51. The van der Waals surface area contributed by atoms with Gasteiger partial charge in [-0.1, -0.05) is 32.5 Å². The van der Waals surface area contributed by atoms with Crippen LogP contribution in [0.3, 0.4) is 0 Å². The molecule has 2 heterocycles. The molecule has 0 amide bonds. The van der Waals surface area contributed by atoms with Crippen molar-refractivity contribution in [3.8, 4) is 0 Å². The molecule has 2 saturated heterocycles. The van der Waals surface area contributed by atoms with Gasteiger partial charge < -0.3 is 4.74 Å². The zero-order chi connectivity index (χ0) is 16.2. The molecule has 22 heavy (non-hydrogen) atoms. The zero-order valence-electron chi connectivity index (χ0n) is 15.7. The minimum atomic E-state index is 0.362. The maximum Gasteiger partial charge on any atom is 0.109 e. The minimum absolute atomic E-state index is 0.362. The van der Waals surface area contributed by atoms with Crippen molar-refractivity contribution in [2.75, 3.05) is 19.8 Å². The van der Waals surface area contributed by atoms with Gasteiger partial charge in [-0.15, -0.1) is 0 Å². The summed E-state index contributed by atoms with van der Waals surface area (Å²) in [7, 11) is 2.49. The molecule has 3 fully saturated rings. The van der Waals surface area contributed by atoms with Gasteiger partial charge in [-0.25, -0.2) is 0 Å². The first-order chi connectivity index (χ1) is 10.2. The van der Waals surface area contributed by atoms with E-state index in [2.05, 4.69) is 47.4 Å². The summed E-state index contributed by atoms with van der Waals surface area (Å²) in [5.74, 6) is 1.75. The van der Waals surface area contributed by atoms with Gasteiger partial charge in [0.2, 0.25) is 0 Å². The molecule has 0 aromatic rings. The number of rotatable bonds is 1. The van der Waals surface area contributed by atoms with Crippen LogP contribution in [-0.4, -0.2) is 44.1 Å². The summed E-state index contributed by atoms with van der Waals surface area (Å²) in [5, 5.41) is 0.486. The highest BCUT2D eigenvalue weighted by Crippen LogP contribution is 2.55. The highest BCUT2D eigenvalue weighted by molar-refractivity contribution is 6.14. The molecule has 3 unspecified atom stereocenters. The molecule has 3 aliphatic rings. The summed E-state index contributed by atoms with van der Waals surface area (Å²) in [6, 6.07) is 0.649. The van der Waals surface area contributed by atoms with Gasteiger partial charge >= 0.3 is 0 Å². The van der Waals surface area contributed by atoms with E-state index in [0.29, 0.717) is 22.3 Å². The first kappa shape index (κ1) is 16.8. The van der Waals surface area contributed by atoms with E-state index in [1.54, 1.807) is 0 Å². The van der Waals surface area contributed by atoms with Crippen molar-refractivity contribution in [1.29, 1.82) is 0 Å².